The van der Waals surface area contributed by atoms with Gasteiger partial charge in [-0.25, -0.2) is 8.78 Å². The van der Waals surface area contributed by atoms with Crippen LogP contribution in [0.5, 0.6) is 0 Å². The van der Waals surface area contributed by atoms with Crippen LogP contribution in [-0.2, 0) is 6.42 Å². The van der Waals surface area contributed by atoms with Crippen LogP contribution in [0.2, 0.25) is 0 Å². The molecule has 0 saturated carbocycles. The largest absolute Gasteiger partial charge is 0.396 e. The minimum atomic E-state index is -0.750. The molecule has 2 nitrogen and oxygen atoms in total. The molecule has 1 aromatic rings. The van der Waals surface area contributed by atoms with Gasteiger partial charge in [-0.1, -0.05) is 13.8 Å². The van der Waals surface area contributed by atoms with Crippen molar-refractivity contribution in [3.05, 3.63) is 35.4 Å². The van der Waals surface area contributed by atoms with Crippen molar-refractivity contribution in [2.24, 2.45) is 11.3 Å². The van der Waals surface area contributed by atoms with E-state index in [-0.39, 0.29) is 25.6 Å². The second-order valence-corrected chi connectivity index (χ2v) is 4.79. The molecule has 1 rings (SSSR count). The molecule has 0 spiro atoms. The van der Waals surface area contributed by atoms with Crippen LogP contribution in [-0.4, -0.2) is 23.4 Å². The van der Waals surface area contributed by atoms with Crippen LogP contribution in [0, 0.1) is 23.0 Å². The first kappa shape index (κ1) is 14.1. The molecule has 0 atom stereocenters. The van der Waals surface area contributed by atoms with E-state index in [0.29, 0.717) is 5.56 Å². The number of benzene rings is 1. The van der Waals surface area contributed by atoms with Gasteiger partial charge in [0.1, 0.15) is 11.6 Å². The van der Waals surface area contributed by atoms with E-state index in [1.54, 1.807) is 0 Å². The van der Waals surface area contributed by atoms with Crippen LogP contribution in [0.25, 0.3) is 0 Å². The summed E-state index contributed by atoms with van der Waals surface area (Å²) in [5, 5.41) is 18.8. The highest BCUT2D eigenvalue weighted by Crippen LogP contribution is 2.31. The quantitative estimate of drug-likeness (QED) is 0.833. The Morgan fingerprint density at radius 1 is 1.06 bits per heavy atom. The Hall–Kier alpha value is -1.00. The second-order valence-electron chi connectivity index (χ2n) is 4.79. The Bertz CT molecular complexity index is 353. The van der Waals surface area contributed by atoms with Crippen LogP contribution >= 0.6 is 0 Å². The van der Waals surface area contributed by atoms with Gasteiger partial charge in [0, 0.05) is 11.5 Å². The third-order valence-corrected chi connectivity index (χ3v) is 3.33. The average Bonchev–Trinajstić information content (AvgIpc) is 2.24. The SMILES string of the molecule is CC(C)C(CO)(CO)Cc1cc(F)cc(F)c1. The zero-order valence-corrected chi connectivity index (χ0v) is 10.1. The smallest absolute Gasteiger partial charge is 0.126 e. The monoisotopic (exact) mass is 244 g/mol. The topological polar surface area (TPSA) is 40.5 Å². The van der Waals surface area contributed by atoms with Crippen LogP contribution in [0.3, 0.4) is 0 Å². The Morgan fingerprint density at radius 2 is 1.53 bits per heavy atom. The third-order valence-electron chi connectivity index (χ3n) is 3.33. The van der Waals surface area contributed by atoms with Gasteiger partial charge in [0.05, 0.1) is 13.2 Å². The summed E-state index contributed by atoms with van der Waals surface area (Å²) in [5.74, 6) is -1.29. The summed E-state index contributed by atoms with van der Waals surface area (Å²) in [4.78, 5) is 0. The zero-order chi connectivity index (χ0) is 13.1. The summed E-state index contributed by atoms with van der Waals surface area (Å²) in [5.41, 5.74) is -0.306. The van der Waals surface area contributed by atoms with Crippen molar-refractivity contribution in [1.82, 2.24) is 0 Å². The normalized spacial score (nSPS) is 12.2. The van der Waals surface area contributed by atoms with Crippen molar-refractivity contribution >= 4 is 0 Å². The van der Waals surface area contributed by atoms with Crippen LogP contribution in [0.1, 0.15) is 19.4 Å². The van der Waals surface area contributed by atoms with Crippen LogP contribution in [0.15, 0.2) is 18.2 Å². The number of aliphatic hydroxyl groups is 2. The number of rotatable bonds is 5. The van der Waals surface area contributed by atoms with Gasteiger partial charge in [-0.2, -0.15) is 0 Å². The van der Waals surface area contributed by atoms with E-state index in [2.05, 4.69) is 0 Å². The minimum absolute atomic E-state index is 0.00354. The molecule has 0 aliphatic rings. The van der Waals surface area contributed by atoms with E-state index in [1.165, 1.54) is 12.1 Å². The van der Waals surface area contributed by atoms with Gasteiger partial charge in [-0.3, -0.25) is 0 Å². The maximum Gasteiger partial charge on any atom is 0.126 e. The van der Waals surface area contributed by atoms with Gasteiger partial charge in [0.15, 0.2) is 0 Å². The Labute approximate surface area is 99.9 Å². The molecule has 0 amide bonds. The Morgan fingerprint density at radius 3 is 1.88 bits per heavy atom. The third kappa shape index (κ3) is 3.23. The van der Waals surface area contributed by atoms with E-state index in [0.717, 1.165) is 6.07 Å². The van der Waals surface area contributed by atoms with Crippen molar-refractivity contribution in [2.45, 2.75) is 20.3 Å². The maximum atomic E-state index is 13.0. The molecule has 0 aromatic heterocycles. The molecule has 1 aromatic carbocycles. The first-order chi connectivity index (χ1) is 7.93. The molecule has 0 saturated heterocycles. The summed E-state index contributed by atoms with van der Waals surface area (Å²) in [6.45, 7) is 3.28. The molecule has 0 bridgehead atoms. The first-order valence-corrected chi connectivity index (χ1v) is 5.60. The average molecular weight is 244 g/mol. The molecule has 2 N–H and O–H groups in total. The van der Waals surface area contributed by atoms with E-state index in [9.17, 15) is 19.0 Å². The lowest BCUT2D eigenvalue weighted by Gasteiger charge is -2.34. The van der Waals surface area contributed by atoms with E-state index in [4.69, 9.17) is 0 Å². The van der Waals surface area contributed by atoms with E-state index < -0.39 is 17.0 Å². The van der Waals surface area contributed by atoms with Gasteiger partial charge in [-0.15, -0.1) is 0 Å². The standard InChI is InChI=1S/C13H18F2O2/c1-9(2)13(7-16,8-17)6-10-3-11(14)5-12(15)4-10/h3-5,9,16-17H,6-8H2,1-2H3. The molecule has 0 fully saturated rings. The highest BCUT2D eigenvalue weighted by atomic mass is 19.1. The molecular formula is C13H18F2O2. The maximum absolute atomic E-state index is 13.0. The van der Waals surface area contributed by atoms with Crippen molar-refractivity contribution in [3.63, 3.8) is 0 Å². The molecule has 17 heavy (non-hydrogen) atoms. The number of aliphatic hydroxyl groups excluding tert-OH is 2. The fraction of sp³-hybridized carbons (Fsp3) is 0.538. The molecule has 0 radical (unpaired) electrons. The summed E-state index contributed by atoms with van der Waals surface area (Å²) in [6, 6.07) is 3.26. The Balaban J connectivity index is 3.01. The number of halogens is 2. The lowest BCUT2D eigenvalue weighted by molar-refractivity contribution is 0.0162. The van der Waals surface area contributed by atoms with Gasteiger partial charge >= 0.3 is 0 Å². The highest BCUT2D eigenvalue weighted by molar-refractivity contribution is 5.19. The molecule has 0 unspecified atom stereocenters. The minimum Gasteiger partial charge on any atom is -0.396 e. The lowest BCUT2D eigenvalue weighted by atomic mass is 9.74. The predicted octanol–water partition coefficient (Wildman–Crippen LogP) is 2.13. The van der Waals surface area contributed by atoms with Crippen molar-refractivity contribution in [3.8, 4) is 0 Å². The summed E-state index contributed by atoms with van der Waals surface area (Å²) >= 11 is 0. The summed E-state index contributed by atoms with van der Waals surface area (Å²) in [7, 11) is 0. The fourth-order valence-electron chi connectivity index (χ4n) is 1.85. The van der Waals surface area contributed by atoms with Crippen LogP contribution < -0.4 is 0 Å². The van der Waals surface area contributed by atoms with Crippen molar-refractivity contribution in [2.75, 3.05) is 13.2 Å². The van der Waals surface area contributed by atoms with Gasteiger partial charge < -0.3 is 10.2 Å². The van der Waals surface area contributed by atoms with E-state index in [1.807, 2.05) is 13.8 Å². The number of hydrogen-bond acceptors (Lipinski definition) is 2. The first-order valence-electron chi connectivity index (χ1n) is 5.60. The van der Waals surface area contributed by atoms with E-state index >= 15 is 0 Å². The molecule has 0 aliphatic heterocycles. The summed E-state index contributed by atoms with van der Waals surface area (Å²) in [6.07, 6.45) is 0.242. The zero-order valence-electron chi connectivity index (χ0n) is 10.1. The molecule has 4 heteroatoms. The second kappa shape index (κ2) is 5.56. The van der Waals surface area contributed by atoms with Crippen molar-refractivity contribution in [1.29, 1.82) is 0 Å². The fourth-order valence-corrected chi connectivity index (χ4v) is 1.85. The van der Waals surface area contributed by atoms with Gasteiger partial charge in [0.25, 0.3) is 0 Å². The molecule has 96 valence electrons. The number of hydrogen-bond donors (Lipinski definition) is 2. The van der Waals surface area contributed by atoms with Gasteiger partial charge in [-0.05, 0) is 30.0 Å². The predicted molar refractivity (Wildman–Crippen MR) is 61.5 cm³/mol. The van der Waals surface area contributed by atoms with Crippen LogP contribution in [0.4, 0.5) is 8.78 Å². The molecule has 0 aliphatic carbocycles. The molecule has 0 heterocycles. The van der Waals surface area contributed by atoms with Gasteiger partial charge in [0.2, 0.25) is 0 Å². The van der Waals surface area contributed by atoms with Crippen molar-refractivity contribution < 1.29 is 19.0 Å². The molecular weight excluding hydrogens is 226 g/mol. The highest BCUT2D eigenvalue weighted by Gasteiger charge is 2.33. The Kier molecular flexibility index (Phi) is 4.60. The summed E-state index contributed by atoms with van der Waals surface area (Å²) < 4.78 is 26.1. The lowest BCUT2D eigenvalue weighted by Crippen LogP contribution is -2.37.